The summed E-state index contributed by atoms with van der Waals surface area (Å²) in [7, 11) is 0. The predicted molar refractivity (Wildman–Crippen MR) is 101 cm³/mol. The lowest BCUT2D eigenvalue weighted by molar-refractivity contribution is 0.369. The molecule has 1 fully saturated rings. The van der Waals surface area contributed by atoms with Gasteiger partial charge in [0.25, 0.3) is 0 Å². The van der Waals surface area contributed by atoms with Crippen molar-refractivity contribution in [1.82, 2.24) is 20.4 Å². The van der Waals surface area contributed by atoms with E-state index in [1.54, 1.807) is 0 Å². The fourth-order valence-corrected chi connectivity index (χ4v) is 3.78. The fraction of sp³-hybridized carbons (Fsp3) is 0.824. The number of hydrogen-bond donors (Lipinski definition) is 1. The summed E-state index contributed by atoms with van der Waals surface area (Å²) in [6, 6.07) is 0. The molecule has 1 aromatic rings. The van der Waals surface area contributed by atoms with Gasteiger partial charge in [-0.15, -0.1) is 0 Å². The molecule has 1 aliphatic heterocycles. The van der Waals surface area contributed by atoms with Crippen molar-refractivity contribution in [2.75, 3.05) is 31.9 Å². The highest BCUT2D eigenvalue weighted by molar-refractivity contribution is 8.00. The summed E-state index contributed by atoms with van der Waals surface area (Å²) < 4.78 is 5.29. The molecule has 136 valence electrons. The van der Waals surface area contributed by atoms with E-state index < -0.39 is 0 Å². The Hall–Kier alpha value is -1.24. The minimum absolute atomic E-state index is 0.310. The van der Waals surface area contributed by atoms with E-state index >= 15 is 0 Å². The van der Waals surface area contributed by atoms with Gasteiger partial charge in [0.05, 0.1) is 0 Å². The lowest BCUT2D eigenvalue weighted by atomic mass is 10.2. The number of aliphatic imine (C=N–C) groups is 1. The molecule has 1 atom stereocenters. The molecule has 0 bridgehead atoms. The van der Waals surface area contributed by atoms with Gasteiger partial charge in [0.15, 0.2) is 11.8 Å². The predicted octanol–water partition coefficient (Wildman–Crippen LogP) is 2.92. The number of aryl methyl sites for hydroxylation is 1. The first-order chi connectivity index (χ1) is 11.6. The number of nitrogens with zero attached hydrogens (tertiary/aromatic N) is 4. The maximum absolute atomic E-state index is 5.29. The first-order valence-corrected chi connectivity index (χ1v) is 10.2. The van der Waals surface area contributed by atoms with Crippen LogP contribution in [0, 0.1) is 0 Å². The van der Waals surface area contributed by atoms with Gasteiger partial charge in [-0.2, -0.15) is 16.7 Å². The van der Waals surface area contributed by atoms with Crippen LogP contribution in [0.5, 0.6) is 0 Å². The Balaban J connectivity index is 1.83. The molecular formula is C17H31N5OS. The Morgan fingerprint density at radius 1 is 1.46 bits per heavy atom. The zero-order valence-electron chi connectivity index (χ0n) is 15.4. The molecule has 0 aromatic carbocycles. The van der Waals surface area contributed by atoms with E-state index in [4.69, 9.17) is 9.52 Å². The highest BCUT2D eigenvalue weighted by atomic mass is 32.2. The van der Waals surface area contributed by atoms with Crippen LogP contribution in [-0.4, -0.2) is 58.2 Å². The van der Waals surface area contributed by atoms with Crippen molar-refractivity contribution in [3.63, 3.8) is 0 Å². The molecule has 1 N–H and O–H groups in total. The largest absolute Gasteiger partial charge is 0.357 e. The summed E-state index contributed by atoms with van der Waals surface area (Å²) in [4.78, 5) is 11.6. The van der Waals surface area contributed by atoms with Gasteiger partial charge in [-0.05, 0) is 19.8 Å². The monoisotopic (exact) mass is 353 g/mol. The number of guanidine groups is 1. The molecule has 2 rings (SSSR count). The van der Waals surface area contributed by atoms with Crippen LogP contribution in [0.2, 0.25) is 0 Å². The molecule has 1 saturated heterocycles. The van der Waals surface area contributed by atoms with Gasteiger partial charge in [-0.25, -0.2) is 0 Å². The van der Waals surface area contributed by atoms with Crippen molar-refractivity contribution in [2.45, 2.75) is 58.1 Å². The Morgan fingerprint density at radius 3 is 2.96 bits per heavy atom. The molecule has 1 unspecified atom stereocenters. The van der Waals surface area contributed by atoms with Gasteiger partial charge >= 0.3 is 0 Å². The molecule has 0 radical (unpaired) electrons. The lowest BCUT2D eigenvalue weighted by Gasteiger charge is -2.34. The van der Waals surface area contributed by atoms with Crippen molar-refractivity contribution in [3.8, 4) is 0 Å². The van der Waals surface area contributed by atoms with E-state index in [-0.39, 0.29) is 0 Å². The topological polar surface area (TPSA) is 66.5 Å². The summed E-state index contributed by atoms with van der Waals surface area (Å²) in [5, 5.41) is 8.15. The molecular weight excluding hydrogens is 322 g/mol. The maximum Gasteiger partial charge on any atom is 0.226 e. The summed E-state index contributed by atoms with van der Waals surface area (Å²) in [5.41, 5.74) is 0. The molecule has 1 aliphatic rings. The van der Waals surface area contributed by atoms with Gasteiger partial charge in [0.1, 0.15) is 0 Å². The average Bonchev–Trinajstić information content (AvgIpc) is 3.07. The fourth-order valence-electron chi connectivity index (χ4n) is 2.60. The third kappa shape index (κ3) is 5.69. The van der Waals surface area contributed by atoms with E-state index in [1.807, 2.05) is 0 Å². The first kappa shape index (κ1) is 19.1. The van der Waals surface area contributed by atoms with Crippen molar-refractivity contribution < 1.29 is 4.52 Å². The zero-order chi connectivity index (χ0) is 17.4. The number of rotatable bonds is 7. The summed E-state index contributed by atoms with van der Waals surface area (Å²) in [5.74, 6) is 4.05. The quantitative estimate of drug-likeness (QED) is 0.462. The molecule has 0 amide bonds. The first-order valence-electron chi connectivity index (χ1n) is 9.11. The second-order valence-corrected chi connectivity index (χ2v) is 7.80. The Morgan fingerprint density at radius 2 is 2.29 bits per heavy atom. The van der Waals surface area contributed by atoms with Gasteiger partial charge < -0.3 is 14.7 Å². The van der Waals surface area contributed by atoms with E-state index in [9.17, 15) is 0 Å². The third-order valence-electron chi connectivity index (χ3n) is 4.04. The van der Waals surface area contributed by atoms with E-state index in [2.05, 4.69) is 59.8 Å². The molecule has 7 heteroatoms. The SMILES string of the molecule is CCNC(=NCCCc1nc(C(C)C)no1)N1CCSC(CC)C1. The van der Waals surface area contributed by atoms with Crippen LogP contribution in [0.1, 0.15) is 58.2 Å². The maximum atomic E-state index is 5.29. The van der Waals surface area contributed by atoms with E-state index in [0.29, 0.717) is 5.92 Å². The lowest BCUT2D eigenvalue weighted by Crippen LogP contribution is -2.48. The molecule has 1 aromatic heterocycles. The number of nitrogens with one attached hydrogen (secondary N) is 1. The van der Waals surface area contributed by atoms with Crippen molar-refractivity contribution in [2.24, 2.45) is 4.99 Å². The minimum atomic E-state index is 0.310. The Labute approximate surface area is 149 Å². The van der Waals surface area contributed by atoms with Gasteiger partial charge in [0.2, 0.25) is 5.89 Å². The summed E-state index contributed by atoms with van der Waals surface area (Å²) in [6.07, 6.45) is 2.93. The minimum Gasteiger partial charge on any atom is -0.357 e. The van der Waals surface area contributed by atoms with Crippen LogP contribution in [0.3, 0.4) is 0 Å². The zero-order valence-corrected chi connectivity index (χ0v) is 16.2. The molecule has 24 heavy (non-hydrogen) atoms. The Bertz CT molecular complexity index is 517. The second-order valence-electron chi connectivity index (χ2n) is 6.39. The molecule has 0 aliphatic carbocycles. The van der Waals surface area contributed by atoms with Crippen LogP contribution in [0.25, 0.3) is 0 Å². The van der Waals surface area contributed by atoms with Crippen molar-refractivity contribution >= 4 is 17.7 Å². The molecule has 0 saturated carbocycles. The van der Waals surface area contributed by atoms with Gasteiger partial charge in [-0.1, -0.05) is 25.9 Å². The third-order valence-corrected chi connectivity index (χ3v) is 5.41. The van der Waals surface area contributed by atoms with Crippen LogP contribution in [-0.2, 0) is 6.42 Å². The number of hydrogen-bond acceptors (Lipinski definition) is 5. The van der Waals surface area contributed by atoms with Crippen LogP contribution >= 0.6 is 11.8 Å². The highest BCUT2D eigenvalue weighted by Gasteiger charge is 2.21. The normalized spacial score (nSPS) is 19.1. The number of aromatic nitrogens is 2. The Kier molecular flexibility index (Phi) is 7.88. The van der Waals surface area contributed by atoms with Gasteiger partial charge in [-0.3, -0.25) is 4.99 Å². The average molecular weight is 354 g/mol. The summed E-state index contributed by atoms with van der Waals surface area (Å²) >= 11 is 2.08. The highest BCUT2D eigenvalue weighted by Crippen LogP contribution is 2.21. The van der Waals surface area contributed by atoms with Crippen LogP contribution in [0.4, 0.5) is 0 Å². The second kappa shape index (κ2) is 9.91. The molecule has 6 nitrogen and oxygen atoms in total. The van der Waals surface area contributed by atoms with Gasteiger partial charge in [0, 0.05) is 49.5 Å². The summed E-state index contributed by atoms with van der Waals surface area (Å²) in [6.45, 7) is 12.4. The standard InChI is InChI=1S/C17H31N5OS/c1-5-14-12-22(10-11-24-14)17(18-6-2)19-9-7-8-15-20-16(13(3)4)21-23-15/h13-14H,5-12H2,1-4H3,(H,18,19). The van der Waals surface area contributed by atoms with Crippen molar-refractivity contribution in [1.29, 1.82) is 0 Å². The van der Waals surface area contributed by atoms with E-state index in [0.717, 1.165) is 61.9 Å². The molecule has 2 heterocycles. The van der Waals surface area contributed by atoms with Crippen molar-refractivity contribution in [3.05, 3.63) is 11.7 Å². The molecule has 0 spiro atoms. The van der Waals surface area contributed by atoms with E-state index in [1.165, 1.54) is 12.2 Å². The smallest absolute Gasteiger partial charge is 0.226 e. The van der Waals surface area contributed by atoms with Crippen LogP contribution < -0.4 is 5.32 Å². The van der Waals surface area contributed by atoms with Crippen LogP contribution in [0.15, 0.2) is 9.52 Å². The number of thioether (sulfide) groups is 1.